The van der Waals surface area contributed by atoms with Crippen LogP contribution in [-0.2, 0) is 16.1 Å². The van der Waals surface area contributed by atoms with Crippen LogP contribution in [0.2, 0.25) is 0 Å². The van der Waals surface area contributed by atoms with Gasteiger partial charge < -0.3 is 9.42 Å². The standard InChI is InChI=1S/C15H13BrF2IO3PS/c16-12-7-10(5-6-14(12)22-23(20,21)15(17)18)8-24-9-11-3-1-2-4-13(11)19/h1-7,15H,8-9H2,(H,20,21). The van der Waals surface area contributed by atoms with Crippen molar-refractivity contribution in [3.8, 4) is 5.75 Å². The third-order valence-electron chi connectivity index (χ3n) is 2.96. The van der Waals surface area contributed by atoms with Gasteiger partial charge in [0.25, 0.3) is 0 Å². The third kappa shape index (κ3) is 5.69. The quantitative estimate of drug-likeness (QED) is 0.327. The molecule has 2 aromatic carbocycles. The van der Waals surface area contributed by atoms with Crippen LogP contribution in [0.4, 0.5) is 8.78 Å². The van der Waals surface area contributed by atoms with Gasteiger partial charge in [-0.15, -0.1) is 0 Å². The summed E-state index contributed by atoms with van der Waals surface area (Å²) in [5.74, 6) is 1.49. The molecule has 0 heterocycles. The van der Waals surface area contributed by atoms with Gasteiger partial charge in [0.2, 0.25) is 0 Å². The Morgan fingerprint density at radius 2 is 1.96 bits per heavy atom. The highest BCUT2D eigenvalue weighted by atomic mass is 127. The van der Waals surface area contributed by atoms with E-state index in [4.69, 9.17) is 4.89 Å². The summed E-state index contributed by atoms with van der Waals surface area (Å²) in [6.07, 6.45) is -3.44. The van der Waals surface area contributed by atoms with E-state index in [1.807, 2.05) is 12.1 Å². The van der Waals surface area contributed by atoms with Gasteiger partial charge in [0.05, 0.1) is 4.47 Å². The molecule has 0 bridgehead atoms. The van der Waals surface area contributed by atoms with Gasteiger partial charge in [-0.05, 0) is 67.8 Å². The summed E-state index contributed by atoms with van der Waals surface area (Å²) < 4.78 is 42.2. The van der Waals surface area contributed by atoms with E-state index in [1.54, 1.807) is 23.9 Å². The van der Waals surface area contributed by atoms with Crippen molar-refractivity contribution in [2.24, 2.45) is 0 Å². The highest BCUT2D eigenvalue weighted by Crippen LogP contribution is 2.50. The Labute approximate surface area is 165 Å². The van der Waals surface area contributed by atoms with E-state index < -0.39 is 13.8 Å². The molecule has 24 heavy (non-hydrogen) atoms. The average molecular weight is 549 g/mol. The summed E-state index contributed by atoms with van der Waals surface area (Å²) in [4.78, 5) is 9.09. The van der Waals surface area contributed by atoms with Gasteiger partial charge in [-0.3, -0.25) is 0 Å². The fourth-order valence-corrected chi connectivity index (χ4v) is 4.76. The fraction of sp³-hybridized carbons (Fsp3) is 0.200. The predicted molar refractivity (Wildman–Crippen MR) is 105 cm³/mol. The topological polar surface area (TPSA) is 46.5 Å². The van der Waals surface area contributed by atoms with Gasteiger partial charge in [0.15, 0.2) is 0 Å². The van der Waals surface area contributed by atoms with Crippen LogP contribution < -0.4 is 4.52 Å². The van der Waals surface area contributed by atoms with Crippen LogP contribution in [0, 0.1) is 3.57 Å². The van der Waals surface area contributed by atoms with Gasteiger partial charge >= 0.3 is 13.8 Å². The molecule has 0 fully saturated rings. The lowest BCUT2D eigenvalue weighted by molar-refractivity contribution is 0.188. The molecule has 0 aromatic heterocycles. The van der Waals surface area contributed by atoms with Crippen molar-refractivity contribution in [1.82, 2.24) is 0 Å². The summed E-state index contributed by atoms with van der Waals surface area (Å²) in [6.45, 7) is 0. The zero-order valence-electron chi connectivity index (χ0n) is 12.2. The number of alkyl halides is 2. The van der Waals surface area contributed by atoms with Crippen molar-refractivity contribution in [1.29, 1.82) is 0 Å². The van der Waals surface area contributed by atoms with Gasteiger partial charge in [0.1, 0.15) is 5.75 Å². The van der Waals surface area contributed by atoms with Crippen LogP contribution in [0.15, 0.2) is 46.9 Å². The molecule has 0 aliphatic rings. The van der Waals surface area contributed by atoms with E-state index in [1.165, 1.54) is 15.2 Å². The Bertz CT molecular complexity index is 763. The van der Waals surface area contributed by atoms with E-state index >= 15 is 0 Å². The van der Waals surface area contributed by atoms with Crippen LogP contribution in [0.5, 0.6) is 5.75 Å². The van der Waals surface area contributed by atoms with Crippen molar-refractivity contribution < 1.29 is 22.8 Å². The predicted octanol–water partition coefficient (Wildman–Crippen LogP) is 6.27. The van der Waals surface area contributed by atoms with E-state index in [2.05, 4.69) is 55.2 Å². The molecular weight excluding hydrogens is 536 g/mol. The number of rotatable bonds is 7. The van der Waals surface area contributed by atoms with Crippen LogP contribution in [-0.4, -0.2) is 11.1 Å². The first-order valence-electron chi connectivity index (χ1n) is 6.69. The molecule has 0 amide bonds. The Kier molecular flexibility index (Phi) is 7.55. The Morgan fingerprint density at radius 1 is 1.25 bits per heavy atom. The first-order valence-corrected chi connectivity index (χ1v) is 11.4. The molecule has 0 aliphatic heterocycles. The molecule has 1 atom stereocenters. The second-order valence-corrected chi connectivity index (χ2v) is 9.49. The SMILES string of the molecule is O=P(O)(Oc1ccc(CSCc2ccccc2I)cc1Br)C(F)F. The third-order valence-corrected chi connectivity index (χ3v) is 6.63. The molecule has 2 rings (SSSR count). The molecule has 3 nitrogen and oxygen atoms in total. The average Bonchev–Trinajstić information content (AvgIpc) is 2.51. The van der Waals surface area contributed by atoms with Crippen LogP contribution in [0.3, 0.4) is 0 Å². The van der Waals surface area contributed by atoms with E-state index in [9.17, 15) is 13.3 Å². The van der Waals surface area contributed by atoms with Crippen molar-refractivity contribution >= 4 is 57.9 Å². The minimum absolute atomic E-state index is 0.0764. The summed E-state index contributed by atoms with van der Waals surface area (Å²) in [5, 5.41) is 0. The molecule has 0 spiro atoms. The smallest absolute Gasteiger partial charge is 0.420 e. The Morgan fingerprint density at radius 3 is 2.58 bits per heavy atom. The minimum Gasteiger partial charge on any atom is -0.420 e. The van der Waals surface area contributed by atoms with E-state index in [0.29, 0.717) is 4.47 Å². The van der Waals surface area contributed by atoms with Gasteiger partial charge in [-0.25, -0.2) is 4.57 Å². The molecule has 1 N–H and O–H groups in total. The number of thioether (sulfide) groups is 1. The fourth-order valence-electron chi connectivity index (χ4n) is 1.78. The van der Waals surface area contributed by atoms with Crippen molar-refractivity contribution in [2.45, 2.75) is 17.7 Å². The number of benzene rings is 2. The maximum absolute atomic E-state index is 12.4. The van der Waals surface area contributed by atoms with Crippen molar-refractivity contribution in [3.05, 3.63) is 61.6 Å². The Hall–Kier alpha value is -0.150. The lowest BCUT2D eigenvalue weighted by atomic mass is 10.2. The first kappa shape index (κ1) is 20.2. The van der Waals surface area contributed by atoms with E-state index in [0.717, 1.165) is 17.1 Å². The van der Waals surface area contributed by atoms with Gasteiger partial charge in [-0.1, -0.05) is 24.3 Å². The first-order chi connectivity index (χ1) is 11.3. The molecule has 0 aliphatic carbocycles. The highest BCUT2D eigenvalue weighted by Gasteiger charge is 2.34. The number of hydrogen-bond acceptors (Lipinski definition) is 3. The molecule has 1 unspecified atom stereocenters. The lowest BCUT2D eigenvalue weighted by Crippen LogP contribution is -2.01. The second-order valence-electron chi connectivity index (χ2n) is 4.78. The van der Waals surface area contributed by atoms with Crippen LogP contribution in [0.1, 0.15) is 11.1 Å². The number of halogens is 4. The van der Waals surface area contributed by atoms with Crippen LogP contribution in [0.25, 0.3) is 0 Å². The maximum atomic E-state index is 12.4. The molecule has 0 saturated carbocycles. The maximum Gasteiger partial charge on any atom is 0.442 e. The zero-order valence-corrected chi connectivity index (χ0v) is 17.6. The van der Waals surface area contributed by atoms with E-state index in [-0.39, 0.29) is 5.75 Å². The second kappa shape index (κ2) is 8.98. The van der Waals surface area contributed by atoms with Gasteiger partial charge in [-0.2, -0.15) is 20.5 Å². The summed E-state index contributed by atoms with van der Waals surface area (Å²) in [6, 6.07) is 12.9. The van der Waals surface area contributed by atoms with Crippen molar-refractivity contribution in [3.63, 3.8) is 0 Å². The normalized spacial score (nSPS) is 13.8. The minimum atomic E-state index is -4.96. The molecule has 130 valence electrons. The molecule has 0 saturated heterocycles. The Balaban J connectivity index is 1.97. The zero-order chi connectivity index (χ0) is 17.7. The molecule has 2 aromatic rings. The summed E-state index contributed by atoms with van der Waals surface area (Å²) in [7, 11) is -4.96. The molecule has 0 radical (unpaired) electrons. The van der Waals surface area contributed by atoms with Crippen molar-refractivity contribution in [2.75, 3.05) is 0 Å². The van der Waals surface area contributed by atoms with Crippen LogP contribution >= 0.6 is 57.9 Å². The number of hydrogen-bond donors (Lipinski definition) is 1. The largest absolute Gasteiger partial charge is 0.442 e. The highest BCUT2D eigenvalue weighted by molar-refractivity contribution is 14.1. The molecular formula is C15H13BrF2IO3PS. The molecule has 9 heteroatoms. The lowest BCUT2D eigenvalue weighted by Gasteiger charge is -2.14. The summed E-state index contributed by atoms with van der Waals surface area (Å²) >= 11 is 7.19. The monoisotopic (exact) mass is 548 g/mol. The summed E-state index contributed by atoms with van der Waals surface area (Å²) in [5.41, 5.74) is 2.20. The van der Waals surface area contributed by atoms with Gasteiger partial charge in [0, 0.05) is 15.1 Å².